The topological polar surface area (TPSA) is 3.24 Å². The first-order chi connectivity index (χ1) is 18.6. The van der Waals surface area contributed by atoms with E-state index in [-0.39, 0.29) is 0 Å². The van der Waals surface area contributed by atoms with Gasteiger partial charge in [-0.3, -0.25) is 0 Å². The molecule has 0 saturated carbocycles. The first kappa shape index (κ1) is 25.0. The van der Waals surface area contributed by atoms with Crippen molar-refractivity contribution >= 4 is 35.3 Å². The lowest BCUT2D eigenvalue weighted by Gasteiger charge is -2.25. The standard InChI is InChI=1S/C37H33N/c1-4-5-30-12-18-33(19-13-30)34-20-14-31(15-21-34)10-11-32-16-26-37(27-17-32)38(35-22-6-28(2)7-23-35)36-24-8-29(3)9-25-36/h4-27H,1-3H3. The molecule has 0 aromatic heterocycles. The van der Waals surface area contributed by atoms with Gasteiger partial charge < -0.3 is 4.90 Å². The second-order valence-corrected chi connectivity index (χ2v) is 9.68. The van der Waals surface area contributed by atoms with Crippen molar-refractivity contribution in [3.05, 3.63) is 155 Å². The molecular formula is C37H33N. The van der Waals surface area contributed by atoms with Crippen LogP contribution in [0.2, 0.25) is 0 Å². The van der Waals surface area contributed by atoms with Gasteiger partial charge >= 0.3 is 0 Å². The summed E-state index contributed by atoms with van der Waals surface area (Å²) in [6.45, 7) is 6.29. The Balaban J connectivity index is 1.33. The van der Waals surface area contributed by atoms with Gasteiger partial charge in [0.1, 0.15) is 0 Å². The van der Waals surface area contributed by atoms with Crippen LogP contribution in [0.1, 0.15) is 34.7 Å². The average molecular weight is 492 g/mol. The Hall–Kier alpha value is -4.62. The van der Waals surface area contributed by atoms with E-state index in [0.717, 1.165) is 17.1 Å². The number of rotatable bonds is 7. The molecule has 0 heterocycles. The molecule has 0 bridgehead atoms. The summed E-state index contributed by atoms with van der Waals surface area (Å²) in [6, 6.07) is 43.6. The second kappa shape index (κ2) is 11.6. The zero-order valence-electron chi connectivity index (χ0n) is 22.3. The zero-order valence-corrected chi connectivity index (χ0v) is 22.3. The van der Waals surface area contributed by atoms with Crippen LogP contribution in [0.3, 0.4) is 0 Å². The fourth-order valence-corrected chi connectivity index (χ4v) is 4.53. The van der Waals surface area contributed by atoms with Gasteiger partial charge in [-0.2, -0.15) is 0 Å². The molecule has 0 unspecified atom stereocenters. The number of benzene rings is 5. The fraction of sp³-hybridized carbons (Fsp3) is 0.0811. The quantitative estimate of drug-likeness (QED) is 0.205. The molecule has 186 valence electrons. The number of nitrogens with zero attached hydrogens (tertiary/aromatic N) is 1. The molecule has 0 amide bonds. The maximum atomic E-state index is 2.30. The summed E-state index contributed by atoms with van der Waals surface area (Å²) in [5.41, 5.74) is 12.0. The Morgan fingerprint density at radius 1 is 0.395 bits per heavy atom. The van der Waals surface area contributed by atoms with E-state index in [2.05, 4.69) is 164 Å². The van der Waals surface area contributed by atoms with Crippen LogP contribution in [0.4, 0.5) is 17.1 Å². The van der Waals surface area contributed by atoms with Crippen LogP contribution in [0.5, 0.6) is 0 Å². The van der Waals surface area contributed by atoms with E-state index in [9.17, 15) is 0 Å². The van der Waals surface area contributed by atoms with Gasteiger partial charge in [0.2, 0.25) is 0 Å². The molecule has 1 nitrogen and oxygen atoms in total. The summed E-state index contributed by atoms with van der Waals surface area (Å²) in [4.78, 5) is 2.30. The average Bonchev–Trinajstić information content (AvgIpc) is 2.96. The maximum Gasteiger partial charge on any atom is 0.0462 e. The summed E-state index contributed by atoms with van der Waals surface area (Å²) in [5, 5.41) is 0. The number of hydrogen-bond acceptors (Lipinski definition) is 1. The SMILES string of the molecule is CC=Cc1ccc(-c2ccc(C=Cc3ccc(N(c4ccc(C)cc4)c4ccc(C)cc4)cc3)cc2)cc1. The Bertz CT molecular complexity index is 1470. The molecule has 0 aliphatic heterocycles. The van der Waals surface area contributed by atoms with E-state index in [1.165, 1.54) is 38.9 Å². The van der Waals surface area contributed by atoms with Crippen molar-refractivity contribution in [2.75, 3.05) is 4.90 Å². The summed E-state index contributed by atoms with van der Waals surface area (Å²) < 4.78 is 0. The predicted octanol–water partition coefficient (Wildman–Crippen LogP) is 10.6. The summed E-state index contributed by atoms with van der Waals surface area (Å²) >= 11 is 0. The molecule has 0 N–H and O–H groups in total. The third-order valence-corrected chi connectivity index (χ3v) is 6.72. The van der Waals surface area contributed by atoms with Gasteiger partial charge in [-0.15, -0.1) is 0 Å². The Kier molecular flexibility index (Phi) is 7.66. The molecule has 0 aliphatic carbocycles. The van der Waals surface area contributed by atoms with Gasteiger partial charge in [-0.05, 0) is 85.0 Å². The Labute approximate surface area is 227 Å². The lowest BCUT2D eigenvalue weighted by atomic mass is 10.0. The van der Waals surface area contributed by atoms with Crippen molar-refractivity contribution in [3.63, 3.8) is 0 Å². The minimum Gasteiger partial charge on any atom is -0.311 e. The number of allylic oxidation sites excluding steroid dienone is 1. The third kappa shape index (κ3) is 6.02. The number of aryl methyl sites for hydroxylation is 2. The molecule has 0 saturated heterocycles. The van der Waals surface area contributed by atoms with Crippen molar-refractivity contribution in [1.82, 2.24) is 0 Å². The number of anilines is 3. The van der Waals surface area contributed by atoms with Crippen molar-refractivity contribution in [1.29, 1.82) is 0 Å². The second-order valence-electron chi connectivity index (χ2n) is 9.68. The minimum atomic E-state index is 1.14. The van der Waals surface area contributed by atoms with E-state index in [0.29, 0.717) is 0 Å². The molecule has 5 aromatic rings. The molecular weight excluding hydrogens is 458 g/mol. The van der Waals surface area contributed by atoms with Crippen LogP contribution in [0.15, 0.2) is 127 Å². The molecule has 5 rings (SSSR count). The molecule has 38 heavy (non-hydrogen) atoms. The van der Waals surface area contributed by atoms with Crippen LogP contribution in [-0.4, -0.2) is 0 Å². The van der Waals surface area contributed by atoms with Gasteiger partial charge in [-0.1, -0.05) is 120 Å². The van der Waals surface area contributed by atoms with Gasteiger partial charge in [-0.25, -0.2) is 0 Å². The molecule has 0 fully saturated rings. The fourth-order valence-electron chi connectivity index (χ4n) is 4.53. The van der Waals surface area contributed by atoms with Crippen LogP contribution in [-0.2, 0) is 0 Å². The Morgan fingerprint density at radius 2 is 0.711 bits per heavy atom. The normalized spacial score (nSPS) is 11.3. The monoisotopic (exact) mass is 491 g/mol. The lowest BCUT2D eigenvalue weighted by molar-refractivity contribution is 1.27. The molecule has 0 aliphatic rings. The first-order valence-electron chi connectivity index (χ1n) is 13.1. The first-order valence-corrected chi connectivity index (χ1v) is 13.1. The molecule has 0 radical (unpaired) electrons. The maximum absolute atomic E-state index is 2.30. The van der Waals surface area contributed by atoms with Crippen molar-refractivity contribution in [2.24, 2.45) is 0 Å². The van der Waals surface area contributed by atoms with E-state index in [1.807, 2.05) is 6.92 Å². The molecule has 1 heteroatoms. The van der Waals surface area contributed by atoms with Crippen LogP contribution >= 0.6 is 0 Å². The molecule has 5 aromatic carbocycles. The Morgan fingerprint density at radius 3 is 1.08 bits per heavy atom. The summed E-state index contributed by atoms with van der Waals surface area (Å²) in [6.07, 6.45) is 8.53. The summed E-state index contributed by atoms with van der Waals surface area (Å²) in [5.74, 6) is 0. The van der Waals surface area contributed by atoms with Gasteiger partial charge in [0.15, 0.2) is 0 Å². The van der Waals surface area contributed by atoms with Crippen LogP contribution < -0.4 is 4.90 Å². The highest BCUT2D eigenvalue weighted by molar-refractivity contribution is 5.78. The van der Waals surface area contributed by atoms with E-state index >= 15 is 0 Å². The highest BCUT2D eigenvalue weighted by Crippen LogP contribution is 2.35. The van der Waals surface area contributed by atoms with Gasteiger partial charge in [0, 0.05) is 17.1 Å². The highest BCUT2D eigenvalue weighted by atomic mass is 15.1. The van der Waals surface area contributed by atoms with E-state index in [1.54, 1.807) is 0 Å². The van der Waals surface area contributed by atoms with Gasteiger partial charge in [0.05, 0.1) is 0 Å². The zero-order chi connectivity index (χ0) is 26.3. The predicted molar refractivity (Wildman–Crippen MR) is 166 cm³/mol. The number of hydrogen-bond donors (Lipinski definition) is 0. The minimum absolute atomic E-state index is 1.14. The molecule has 0 atom stereocenters. The van der Waals surface area contributed by atoms with Crippen molar-refractivity contribution < 1.29 is 0 Å². The van der Waals surface area contributed by atoms with Crippen LogP contribution in [0.25, 0.3) is 29.4 Å². The summed E-state index contributed by atoms with van der Waals surface area (Å²) in [7, 11) is 0. The lowest BCUT2D eigenvalue weighted by Crippen LogP contribution is -2.09. The van der Waals surface area contributed by atoms with Gasteiger partial charge in [0.25, 0.3) is 0 Å². The van der Waals surface area contributed by atoms with Crippen molar-refractivity contribution in [3.8, 4) is 11.1 Å². The molecule has 0 spiro atoms. The largest absolute Gasteiger partial charge is 0.311 e. The van der Waals surface area contributed by atoms with Crippen LogP contribution in [0, 0.1) is 13.8 Å². The van der Waals surface area contributed by atoms with Crippen molar-refractivity contribution in [2.45, 2.75) is 20.8 Å². The van der Waals surface area contributed by atoms with E-state index in [4.69, 9.17) is 0 Å². The highest BCUT2D eigenvalue weighted by Gasteiger charge is 2.12. The third-order valence-electron chi connectivity index (χ3n) is 6.72. The van der Waals surface area contributed by atoms with E-state index < -0.39 is 0 Å². The smallest absolute Gasteiger partial charge is 0.0462 e.